The molecule has 2 heterocycles. The third kappa shape index (κ3) is 7.62. The first-order valence-corrected chi connectivity index (χ1v) is 11.9. The Morgan fingerprint density at radius 1 is 1.23 bits per heavy atom. The van der Waals surface area contributed by atoms with Gasteiger partial charge in [0.15, 0.2) is 5.13 Å². The van der Waals surface area contributed by atoms with E-state index in [4.69, 9.17) is 14.6 Å². The monoisotopic (exact) mass is 461 g/mol. The van der Waals surface area contributed by atoms with Crippen molar-refractivity contribution in [3.05, 3.63) is 57.2 Å². The van der Waals surface area contributed by atoms with Crippen LogP contribution in [0.5, 0.6) is 11.5 Å². The SMILES string of the molecule is CC(C)Oc1cc(OCCc2ccsc2)cc(C(=O)Nc2nc(CNCCO)cs2)c1. The zero-order valence-electron chi connectivity index (χ0n) is 17.6. The molecule has 31 heavy (non-hydrogen) atoms. The lowest BCUT2D eigenvalue weighted by Gasteiger charge is -2.14. The topological polar surface area (TPSA) is 92.7 Å². The van der Waals surface area contributed by atoms with E-state index in [0.717, 1.165) is 12.1 Å². The average Bonchev–Trinajstić information content (AvgIpc) is 3.40. The number of nitrogens with zero attached hydrogens (tertiary/aromatic N) is 1. The number of ether oxygens (including phenoxy) is 2. The number of nitrogens with one attached hydrogen (secondary N) is 2. The fourth-order valence-electron chi connectivity index (χ4n) is 2.76. The van der Waals surface area contributed by atoms with Gasteiger partial charge >= 0.3 is 0 Å². The van der Waals surface area contributed by atoms with Gasteiger partial charge in [0, 0.05) is 36.5 Å². The lowest BCUT2D eigenvalue weighted by molar-refractivity contribution is 0.102. The molecule has 3 N–H and O–H groups in total. The van der Waals surface area contributed by atoms with E-state index in [9.17, 15) is 4.79 Å². The van der Waals surface area contributed by atoms with Gasteiger partial charge in [-0.25, -0.2) is 4.98 Å². The second-order valence-electron chi connectivity index (χ2n) is 7.09. The molecular formula is C22H27N3O4S2. The van der Waals surface area contributed by atoms with Gasteiger partial charge in [0.25, 0.3) is 5.91 Å². The van der Waals surface area contributed by atoms with Crippen molar-refractivity contribution in [2.45, 2.75) is 32.9 Å². The van der Waals surface area contributed by atoms with Crippen LogP contribution in [0.3, 0.4) is 0 Å². The summed E-state index contributed by atoms with van der Waals surface area (Å²) in [7, 11) is 0. The molecule has 0 saturated heterocycles. The number of hydrogen-bond acceptors (Lipinski definition) is 8. The number of aromatic nitrogens is 1. The molecule has 0 aliphatic heterocycles. The second-order valence-corrected chi connectivity index (χ2v) is 8.73. The van der Waals surface area contributed by atoms with Gasteiger partial charge in [-0.15, -0.1) is 11.3 Å². The Bertz CT molecular complexity index is 958. The van der Waals surface area contributed by atoms with Gasteiger partial charge in [-0.05, 0) is 48.4 Å². The van der Waals surface area contributed by atoms with Crippen molar-refractivity contribution in [1.29, 1.82) is 0 Å². The number of aliphatic hydroxyl groups is 1. The lowest BCUT2D eigenvalue weighted by Crippen LogP contribution is -2.18. The maximum absolute atomic E-state index is 12.8. The summed E-state index contributed by atoms with van der Waals surface area (Å²) in [5.74, 6) is 0.897. The third-order valence-electron chi connectivity index (χ3n) is 4.12. The molecule has 0 fully saturated rings. The Kier molecular flexibility index (Phi) is 8.84. The number of benzene rings is 1. The molecule has 3 rings (SSSR count). The summed E-state index contributed by atoms with van der Waals surface area (Å²) in [6, 6.07) is 7.30. The summed E-state index contributed by atoms with van der Waals surface area (Å²) in [6.07, 6.45) is 0.775. The van der Waals surface area contributed by atoms with E-state index in [0.29, 0.717) is 41.9 Å². The number of carbonyl (C=O) groups excluding carboxylic acids is 1. The van der Waals surface area contributed by atoms with Crippen molar-refractivity contribution in [3.8, 4) is 11.5 Å². The highest BCUT2D eigenvalue weighted by Gasteiger charge is 2.14. The first-order chi connectivity index (χ1) is 15.0. The highest BCUT2D eigenvalue weighted by Crippen LogP contribution is 2.26. The van der Waals surface area contributed by atoms with Crippen molar-refractivity contribution in [1.82, 2.24) is 10.3 Å². The molecule has 0 atom stereocenters. The minimum Gasteiger partial charge on any atom is -0.493 e. The van der Waals surface area contributed by atoms with E-state index < -0.39 is 0 Å². The van der Waals surface area contributed by atoms with E-state index in [1.807, 2.05) is 24.6 Å². The van der Waals surface area contributed by atoms with Gasteiger partial charge in [0.1, 0.15) is 11.5 Å². The van der Waals surface area contributed by atoms with E-state index >= 15 is 0 Å². The summed E-state index contributed by atoms with van der Waals surface area (Å²) < 4.78 is 11.7. The number of thiophene rings is 1. The van der Waals surface area contributed by atoms with Crippen molar-refractivity contribution < 1.29 is 19.4 Å². The molecule has 0 aliphatic rings. The number of rotatable bonds is 12. The van der Waals surface area contributed by atoms with Crippen LogP contribution in [-0.4, -0.2) is 41.9 Å². The Morgan fingerprint density at radius 3 is 2.81 bits per heavy atom. The normalized spacial score (nSPS) is 11.0. The Labute approximate surface area is 190 Å². The molecule has 2 aromatic heterocycles. The molecule has 0 radical (unpaired) electrons. The molecule has 1 aromatic carbocycles. The molecule has 3 aromatic rings. The molecule has 1 amide bonds. The van der Waals surface area contributed by atoms with Gasteiger partial charge in [0.2, 0.25) is 0 Å². The smallest absolute Gasteiger partial charge is 0.257 e. The fourth-order valence-corrected chi connectivity index (χ4v) is 4.17. The molecule has 0 aliphatic carbocycles. The van der Waals surface area contributed by atoms with Crippen LogP contribution >= 0.6 is 22.7 Å². The van der Waals surface area contributed by atoms with Crippen LogP contribution in [0.15, 0.2) is 40.4 Å². The molecule has 9 heteroatoms. The van der Waals surface area contributed by atoms with Crippen molar-refractivity contribution in [3.63, 3.8) is 0 Å². The third-order valence-corrected chi connectivity index (χ3v) is 5.66. The van der Waals surface area contributed by atoms with E-state index in [-0.39, 0.29) is 18.6 Å². The highest BCUT2D eigenvalue weighted by atomic mass is 32.1. The van der Waals surface area contributed by atoms with Crippen LogP contribution in [0, 0.1) is 0 Å². The molecule has 0 unspecified atom stereocenters. The maximum atomic E-state index is 12.8. The van der Waals surface area contributed by atoms with Gasteiger partial charge < -0.3 is 19.9 Å². The van der Waals surface area contributed by atoms with Gasteiger partial charge in [-0.1, -0.05) is 0 Å². The van der Waals surface area contributed by atoms with Crippen LogP contribution in [0.4, 0.5) is 5.13 Å². The molecule has 0 spiro atoms. The van der Waals surface area contributed by atoms with Crippen molar-refractivity contribution >= 4 is 33.7 Å². The number of anilines is 1. The number of amides is 1. The molecule has 0 saturated carbocycles. The largest absolute Gasteiger partial charge is 0.493 e. The van der Waals surface area contributed by atoms with Crippen LogP contribution in [0.1, 0.15) is 35.5 Å². The predicted octanol–water partition coefficient (Wildman–Crippen LogP) is 3.95. The second kappa shape index (κ2) is 11.8. The summed E-state index contributed by atoms with van der Waals surface area (Å²) in [5, 5.41) is 21.3. The summed E-state index contributed by atoms with van der Waals surface area (Å²) in [5.41, 5.74) is 2.48. The van der Waals surface area contributed by atoms with E-state index in [1.54, 1.807) is 29.5 Å². The first-order valence-electron chi connectivity index (χ1n) is 10.1. The number of thiazole rings is 1. The fraction of sp³-hybridized carbons (Fsp3) is 0.364. The first kappa shape index (κ1) is 23.2. The molecule has 0 bridgehead atoms. The molecule has 166 valence electrons. The zero-order chi connectivity index (χ0) is 22.1. The van der Waals surface area contributed by atoms with Crippen LogP contribution in [0.2, 0.25) is 0 Å². The Morgan fingerprint density at radius 2 is 2.06 bits per heavy atom. The lowest BCUT2D eigenvalue weighted by atomic mass is 10.2. The van der Waals surface area contributed by atoms with Gasteiger partial charge in [-0.3, -0.25) is 10.1 Å². The maximum Gasteiger partial charge on any atom is 0.257 e. The van der Waals surface area contributed by atoms with E-state index in [1.165, 1.54) is 16.9 Å². The van der Waals surface area contributed by atoms with Crippen LogP contribution < -0.4 is 20.1 Å². The minimum absolute atomic E-state index is 0.0232. The van der Waals surface area contributed by atoms with Crippen molar-refractivity contribution in [2.24, 2.45) is 0 Å². The van der Waals surface area contributed by atoms with E-state index in [2.05, 4.69) is 27.1 Å². The Balaban J connectivity index is 1.66. The average molecular weight is 462 g/mol. The predicted molar refractivity (Wildman–Crippen MR) is 125 cm³/mol. The Hall–Kier alpha value is -2.46. The summed E-state index contributed by atoms with van der Waals surface area (Å²) >= 11 is 3.02. The van der Waals surface area contributed by atoms with Crippen LogP contribution in [0.25, 0.3) is 0 Å². The molecular weight excluding hydrogens is 434 g/mol. The minimum atomic E-state index is -0.277. The molecule has 7 nitrogen and oxygen atoms in total. The standard InChI is InChI=1S/C22H27N3O4S2/c1-15(2)29-20-10-17(9-19(11-20)28-7-3-16-4-8-30-13-16)21(27)25-22-24-18(14-31-22)12-23-5-6-26/h4,8-11,13-15,23,26H,3,5-7,12H2,1-2H3,(H,24,25,27). The summed E-state index contributed by atoms with van der Waals surface area (Å²) in [6.45, 7) is 5.49. The number of carbonyl (C=O) groups is 1. The zero-order valence-corrected chi connectivity index (χ0v) is 19.2. The number of hydrogen-bond donors (Lipinski definition) is 3. The van der Waals surface area contributed by atoms with Gasteiger partial charge in [0.05, 0.1) is 25.0 Å². The van der Waals surface area contributed by atoms with Gasteiger partial charge in [-0.2, -0.15) is 11.3 Å². The summed E-state index contributed by atoms with van der Waals surface area (Å²) in [4.78, 5) is 17.2. The number of aliphatic hydroxyl groups excluding tert-OH is 1. The van der Waals surface area contributed by atoms with Crippen molar-refractivity contribution in [2.75, 3.05) is 25.1 Å². The van der Waals surface area contributed by atoms with Crippen LogP contribution in [-0.2, 0) is 13.0 Å². The highest BCUT2D eigenvalue weighted by molar-refractivity contribution is 7.14. The quantitative estimate of drug-likeness (QED) is 0.354.